The maximum absolute atomic E-state index is 8.89. The Bertz CT molecular complexity index is 1430. The van der Waals surface area contributed by atoms with Gasteiger partial charge in [-0.1, -0.05) is 54.6 Å². The standard InChI is InChI=1S/C26H20N6/c27-16-18-12-13-24(30-17-18)28-14-15-29-25-22-9-3-4-11-23(22)31-26(32-25)21-10-5-7-19-6-1-2-8-20(19)21/h1-13,17H,14-15H2,(H,28,30)(H,29,31,32). The van der Waals surface area contributed by atoms with Gasteiger partial charge in [-0.2, -0.15) is 5.26 Å². The number of nitriles is 1. The van der Waals surface area contributed by atoms with Gasteiger partial charge in [-0.05, 0) is 35.0 Å². The third-order valence-corrected chi connectivity index (χ3v) is 5.25. The van der Waals surface area contributed by atoms with E-state index >= 15 is 0 Å². The predicted octanol–water partition coefficient (Wildman–Crippen LogP) is 5.24. The van der Waals surface area contributed by atoms with Gasteiger partial charge in [-0.25, -0.2) is 15.0 Å². The lowest BCUT2D eigenvalue weighted by Crippen LogP contribution is -2.15. The molecular weight excluding hydrogens is 396 g/mol. The van der Waals surface area contributed by atoms with Gasteiger partial charge < -0.3 is 10.6 Å². The van der Waals surface area contributed by atoms with Crippen LogP contribution in [-0.4, -0.2) is 28.0 Å². The fourth-order valence-electron chi connectivity index (χ4n) is 3.69. The van der Waals surface area contributed by atoms with Crippen molar-refractivity contribution in [3.63, 3.8) is 0 Å². The largest absolute Gasteiger partial charge is 0.368 e. The number of rotatable bonds is 6. The lowest BCUT2D eigenvalue weighted by Gasteiger charge is -2.13. The van der Waals surface area contributed by atoms with E-state index in [4.69, 9.17) is 15.2 Å². The molecule has 6 nitrogen and oxygen atoms in total. The molecule has 2 aromatic heterocycles. The Kier molecular flexibility index (Phi) is 5.29. The molecule has 2 heterocycles. The number of nitrogens with one attached hydrogen (secondary N) is 2. The summed E-state index contributed by atoms with van der Waals surface area (Å²) in [5, 5.41) is 18.9. The van der Waals surface area contributed by atoms with Crippen LogP contribution in [0.3, 0.4) is 0 Å². The van der Waals surface area contributed by atoms with Crippen molar-refractivity contribution in [2.75, 3.05) is 23.7 Å². The van der Waals surface area contributed by atoms with E-state index in [-0.39, 0.29) is 0 Å². The van der Waals surface area contributed by atoms with E-state index in [2.05, 4.69) is 46.0 Å². The average molecular weight is 416 g/mol. The monoisotopic (exact) mass is 416 g/mol. The molecule has 0 aliphatic rings. The number of hydrogen-bond acceptors (Lipinski definition) is 6. The van der Waals surface area contributed by atoms with Gasteiger partial charge in [0.15, 0.2) is 5.82 Å². The molecule has 32 heavy (non-hydrogen) atoms. The number of anilines is 2. The second kappa shape index (κ2) is 8.70. The molecule has 5 rings (SSSR count). The maximum atomic E-state index is 8.89. The second-order valence-corrected chi connectivity index (χ2v) is 7.34. The predicted molar refractivity (Wildman–Crippen MR) is 128 cm³/mol. The zero-order valence-corrected chi connectivity index (χ0v) is 17.3. The van der Waals surface area contributed by atoms with Gasteiger partial charge >= 0.3 is 0 Å². The Labute approximate surface area is 185 Å². The van der Waals surface area contributed by atoms with Crippen molar-refractivity contribution in [2.45, 2.75) is 0 Å². The summed E-state index contributed by atoms with van der Waals surface area (Å²) < 4.78 is 0. The van der Waals surface area contributed by atoms with Crippen molar-refractivity contribution in [2.24, 2.45) is 0 Å². The van der Waals surface area contributed by atoms with E-state index in [1.54, 1.807) is 18.3 Å². The number of nitrogens with zero attached hydrogens (tertiary/aromatic N) is 4. The first kappa shape index (κ1) is 19.5. The van der Waals surface area contributed by atoms with Crippen molar-refractivity contribution in [3.05, 3.63) is 90.6 Å². The van der Waals surface area contributed by atoms with E-state index in [9.17, 15) is 0 Å². The van der Waals surface area contributed by atoms with E-state index in [1.165, 1.54) is 0 Å². The lowest BCUT2D eigenvalue weighted by atomic mass is 10.0. The summed E-state index contributed by atoms with van der Waals surface area (Å²) in [4.78, 5) is 14.0. The van der Waals surface area contributed by atoms with Crippen LogP contribution in [0.15, 0.2) is 85.1 Å². The number of fused-ring (bicyclic) bond motifs is 2. The van der Waals surface area contributed by atoms with E-state index in [0.717, 1.165) is 38.9 Å². The number of benzene rings is 3. The molecule has 2 N–H and O–H groups in total. The molecule has 0 aliphatic heterocycles. The van der Waals surface area contributed by atoms with Gasteiger partial charge in [0.05, 0.1) is 11.1 Å². The zero-order valence-electron chi connectivity index (χ0n) is 17.3. The van der Waals surface area contributed by atoms with Crippen molar-refractivity contribution in [3.8, 4) is 17.5 Å². The first-order chi connectivity index (χ1) is 15.8. The summed E-state index contributed by atoms with van der Waals surface area (Å²) in [7, 11) is 0. The molecule has 0 unspecified atom stereocenters. The average Bonchev–Trinajstić information content (AvgIpc) is 2.86. The summed E-state index contributed by atoms with van der Waals surface area (Å²) in [5.41, 5.74) is 2.45. The van der Waals surface area contributed by atoms with Crippen LogP contribution in [0.5, 0.6) is 0 Å². The molecule has 0 radical (unpaired) electrons. The smallest absolute Gasteiger partial charge is 0.162 e. The van der Waals surface area contributed by atoms with Crippen molar-refractivity contribution in [1.82, 2.24) is 15.0 Å². The maximum Gasteiger partial charge on any atom is 0.162 e. The molecule has 0 fully saturated rings. The van der Waals surface area contributed by atoms with Crippen LogP contribution in [-0.2, 0) is 0 Å². The number of hydrogen-bond donors (Lipinski definition) is 2. The molecule has 6 heteroatoms. The Morgan fingerprint density at radius 1 is 0.750 bits per heavy atom. The molecule has 0 amide bonds. The summed E-state index contributed by atoms with van der Waals surface area (Å²) >= 11 is 0. The molecule has 0 atom stereocenters. The normalized spacial score (nSPS) is 10.7. The highest BCUT2D eigenvalue weighted by atomic mass is 15.1. The molecule has 0 spiro atoms. The zero-order chi connectivity index (χ0) is 21.8. The summed E-state index contributed by atoms with van der Waals surface area (Å²) in [5.74, 6) is 2.23. The van der Waals surface area contributed by atoms with E-state index < -0.39 is 0 Å². The minimum Gasteiger partial charge on any atom is -0.368 e. The van der Waals surface area contributed by atoms with Gasteiger partial charge in [-0.3, -0.25) is 0 Å². The molecular formula is C26H20N6. The van der Waals surface area contributed by atoms with Crippen LogP contribution in [0.25, 0.3) is 33.1 Å². The fourth-order valence-corrected chi connectivity index (χ4v) is 3.69. The van der Waals surface area contributed by atoms with Crippen molar-refractivity contribution < 1.29 is 0 Å². The molecule has 0 bridgehead atoms. The minimum atomic E-state index is 0.544. The number of pyridine rings is 1. The van der Waals surface area contributed by atoms with Crippen LogP contribution < -0.4 is 10.6 Å². The quantitative estimate of drug-likeness (QED) is 0.368. The number of para-hydroxylation sites is 1. The van der Waals surface area contributed by atoms with Crippen LogP contribution in [0.2, 0.25) is 0 Å². The Morgan fingerprint density at radius 2 is 1.53 bits per heavy atom. The molecule has 0 aliphatic carbocycles. The van der Waals surface area contributed by atoms with Gasteiger partial charge in [0, 0.05) is 30.2 Å². The Morgan fingerprint density at radius 3 is 2.38 bits per heavy atom. The highest BCUT2D eigenvalue weighted by molar-refractivity contribution is 5.97. The Balaban J connectivity index is 1.41. The minimum absolute atomic E-state index is 0.544. The third kappa shape index (κ3) is 3.92. The molecule has 0 saturated heterocycles. The van der Waals surface area contributed by atoms with Crippen molar-refractivity contribution in [1.29, 1.82) is 5.26 Å². The van der Waals surface area contributed by atoms with Gasteiger partial charge in [-0.15, -0.1) is 0 Å². The summed E-state index contributed by atoms with van der Waals surface area (Å²) in [6.45, 7) is 1.30. The third-order valence-electron chi connectivity index (χ3n) is 5.25. The summed E-state index contributed by atoms with van der Waals surface area (Å²) in [6, 6.07) is 28.1. The number of aromatic nitrogens is 3. The van der Waals surface area contributed by atoms with Crippen LogP contribution in [0.1, 0.15) is 5.56 Å². The van der Waals surface area contributed by atoms with Gasteiger partial charge in [0.1, 0.15) is 17.7 Å². The molecule has 0 saturated carbocycles. The second-order valence-electron chi connectivity index (χ2n) is 7.34. The first-order valence-electron chi connectivity index (χ1n) is 10.4. The first-order valence-corrected chi connectivity index (χ1v) is 10.4. The van der Waals surface area contributed by atoms with Crippen molar-refractivity contribution >= 4 is 33.3 Å². The van der Waals surface area contributed by atoms with Gasteiger partial charge in [0.25, 0.3) is 0 Å². The van der Waals surface area contributed by atoms with Crippen LogP contribution in [0.4, 0.5) is 11.6 Å². The molecule has 154 valence electrons. The van der Waals surface area contributed by atoms with E-state index in [1.807, 2.05) is 42.5 Å². The van der Waals surface area contributed by atoms with Crippen LogP contribution in [0, 0.1) is 11.3 Å². The lowest BCUT2D eigenvalue weighted by molar-refractivity contribution is 1.04. The highest BCUT2D eigenvalue weighted by Crippen LogP contribution is 2.29. The molecule has 3 aromatic carbocycles. The fraction of sp³-hybridized carbons (Fsp3) is 0.0769. The summed E-state index contributed by atoms with van der Waals surface area (Å²) in [6.07, 6.45) is 1.56. The van der Waals surface area contributed by atoms with Crippen LogP contribution >= 0.6 is 0 Å². The van der Waals surface area contributed by atoms with Gasteiger partial charge in [0.2, 0.25) is 0 Å². The Hall–Kier alpha value is -4.50. The van der Waals surface area contributed by atoms with E-state index in [0.29, 0.717) is 24.5 Å². The SMILES string of the molecule is N#Cc1ccc(NCCNc2nc(-c3cccc4ccccc34)nc3ccccc23)nc1. The molecule has 5 aromatic rings. The topological polar surface area (TPSA) is 86.5 Å². The highest BCUT2D eigenvalue weighted by Gasteiger charge is 2.11.